The second-order valence-corrected chi connectivity index (χ2v) is 9.02. The summed E-state index contributed by atoms with van der Waals surface area (Å²) in [5.41, 5.74) is 7.29. The van der Waals surface area contributed by atoms with Gasteiger partial charge in [0, 0.05) is 37.5 Å². The second-order valence-electron chi connectivity index (χ2n) is 9.02. The molecule has 3 heterocycles. The van der Waals surface area contributed by atoms with Crippen molar-refractivity contribution in [2.45, 2.75) is 32.0 Å². The van der Waals surface area contributed by atoms with E-state index in [1.54, 1.807) is 41.3 Å². The Morgan fingerprint density at radius 1 is 1.22 bits per heavy atom. The highest BCUT2D eigenvalue weighted by Gasteiger charge is 2.24. The van der Waals surface area contributed by atoms with Crippen molar-refractivity contribution < 1.29 is 14.0 Å². The quantitative estimate of drug-likeness (QED) is 0.418. The SMILES string of the molecule is CN1CCC(N(C)C(=O)Cn2cc(Nc3cc(NCc4ccccc4C(N)=O)c(F)cn3)cn2)CC1. The van der Waals surface area contributed by atoms with Crippen molar-refractivity contribution in [3.63, 3.8) is 0 Å². The van der Waals surface area contributed by atoms with E-state index in [2.05, 4.69) is 32.7 Å². The molecule has 0 saturated carbocycles. The number of nitrogens with one attached hydrogen (secondary N) is 2. The number of hydrogen-bond acceptors (Lipinski definition) is 7. The Labute approximate surface area is 209 Å². The summed E-state index contributed by atoms with van der Waals surface area (Å²) in [6.45, 7) is 2.31. The van der Waals surface area contributed by atoms with Crippen LogP contribution in [0.5, 0.6) is 0 Å². The maximum absolute atomic E-state index is 14.4. The number of pyridine rings is 1. The maximum atomic E-state index is 14.4. The molecule has 3 aromatic rings. The monoisotopic (exact) mass is 494 g/mol. The van der Waals surface area contributed by atoms with E-state index in [9.17, 15) is 14.0 Å². The molecule has 1 aliphatic rings. The van der Waals surface area contributed by atoms with Crippen molar-refractivity contribution in [1.29, 1.82) is 0 Å². The molecule has 1 aromatic carbocycles. The van der Waals surface area contributed by atoms with E-state index in [0.717, 1.165) is 32.1 Å². The average molecular weight is 495 g/mol. The fraction of sp³-hybridized carbons (Fsp3) is 0.360. The van der Waals surface area contributed by atoms with Crippen LogP contribution in [0.2, 0.25) is 0 Å². The molecule has 0 atom stereocenters. The Kier molecular flexibility index (Phi) is 7.79. The highest BCUT2D eigenvalue weighted by molar-refractivity contribution is 5.94. The van der Waals surface area contributed by atoms with E-state index in [-0.39, 0.29) is 30.7 Å². The smallest absolute Gasteiger partial charge is 0.249 e. The normalized spacial score (nSPS) is 14.4. The molecule has 4 N–H and O–H groups in total. The summed E-state index contributed by atoms with van der Waals surface area (Å²) < 4.78 is 15.9. The molecule has 2 amide bonds. The number of nitrogens with two attached hydrogens (primary N) is 1. The molecular formula is C25H31FN8O2. The lowest BCUT2D eigenvalue weighted by Crippen LogP contribution is -2.45. The van der Waals surface area contributed by atoms with Crippen LogP contribution in [-0.2, 0) is 17.9 Å². The Hall–Kier alpha value is -3.99. The van der Waals surface area contributed by atoms with Gasteiger partial charge in [-0.05, 0) is 44.6 Å². The number of halogens is 1. The molecule has 190 valence electrons. The minimum atomic E-state index is -0.544. The number of piperidine rings is 1. The summed E-state index contributed by atoms with van der Waals surface area (Å²) in [4.78, 5) is 32.5. The zero-order valence-electron chi connectivity index (χ0n) is 20.4. The number of primary amides is 1. The molecular weight excluding hydrogens is 463 g/mol. The lowest BCUT2D eigenvalue weighted by atomic mass is 10.0. The average Bonchev–Trinajstić information content (AvgIpc) is 3.31. The van der Waals surface area contributed by atoms with Crippen LogP contribution in [0.3, 0.4) is 0 Å². The van der Waals surface area contributed by atoms with Gasteiger partial charge in [-0.25, -0.2) is 9.37 Å². The number of amides is 2. The highest BCUT2D eigenvalue weighted by Crippen LogP contribution is 2.22. The largest absolute Gasteiger partial charge is 0.378 e. The maximum Gasteiger partial charge on any atom is 0.249 e. The van der Waals surface area contributed by atoms with Crippen LogP contribution in [0.4, 0.5) is 21.6 Å². The highest BCUT2D eigenvalue weighted by atomic mass is 19.1. The van der Waals surface area contributed by atoms with Crippen molar-refractivity contribution >= 4 is 29.0 Å². The van der Waals surface area contributed by atoms with Crippen molar-refractivity contribution in [1.82, 2.24) is 24.6 Å². The van der Waals surface area contributed by atoms with Crippen LogP contribution in [0.25, 0.3) is 0 Å². The first-order valence-corrected chi connectivity index (χ1v) is 11.8. The van der Waals surface area contributed by atoms with Gasteiger partial charge in [-0.15, -0.1) is 0 Å². The molecule has 4 rings (SSSR count). The van der Waals surface area contributed by atoms with Crippen molar-refractivity contribution in [3.8, 4) is 0 Å². The fourth-order valence-corrected chi connectivity index (χ4v) is 4.25. The van der Waals surface area contributed by atoms with E-state index in [1.807, 2.05) is 11.9 Å². The fourth-order valence-electron chi connectivity index (χ4n) is 4.25. The van der Waals surface area contributed by atoms with Crippen LogP contribution >= 0.6 is 0 Å². The van der Waals surface area contributed by atoms with E-state index < -0.39 is 11.7 Å². The third-order valence-corrected chi connectivity index (χ3v) is 6.44. The standard InChI is InChI=1S/C25H31FN8O2/c1-32-9-7-19(8-10-32)33(2)24(35)16-34-15-18(13-30-34)31-23-11-22(21(26)14-29-23)28-12-17-5-3-4-6-20(17)25(27)36/h3-6,11,13-15,19H,7-10,12,16H2,1-2H3,(H2,27,36)(H2,28,29,31). The summed E-state index contributed by atoms with van der Waals surface area (Å²) in [5, 5.41) is 10.3. The molecule has 11 heteroatoms. The van der Waals surface area contributed by atoms with Crippen LogP contribution < -0.4 is 16.4 Å². The van der Waals surface area contributed by atoms with E-state index in [4.69, 9.17) is 5.73 Å². The van der Waals surface area contributed by atoms with Crippen molar-refractivity contribution in [2.75, 3.05) is 37.8 Å². The molecule has 2 aromatic heterocycles. The number of likely N-dealkylation sites (N-methyl/N-ethyl adjacent to an activating group) is 1. The van der Waals surface area contributed by atoms with Gasteiger partial charge in [-0.2, -0.15) is 5.10 Å². The lowest BCUT2D eigenvalue weighted by Gasteiger charge is -2.35. The first-order chi connectivity index (χ1) is 17.3. The van der Waals surface area contributed by atoms with E-state index in [0.29, 0.717) is 22.6 Å². The Morgan fingerprint density at radius 3 is 2.72 bits per heavy atom. The first kappa shape index (κ1) is 25.1. The summed E-state index contributed by atoms with van der Waals surface area (Å²) in [7, 11) is 3.94. The summed E-state index contributed by atoms with van der Waals surface area (Å²) >= 11 is 0. The number of hydrogen-bond donors (Lipinski definition) is 3. The Balaban J connectivity index is 1.36. The minimum Gasteiger partial charge on any atom is -0.378 e. The Bertz CT molecular complexity index is 1220. The van der Waals surface area contributed by atoms with Gasteiger partial charge < -0.3 is 26.2 Å². The van der Waals surface area contributed by atoms with Gasteiger partial charge in [0.1, 0.15) is 12.4 Å². The van der Waals surface area contributed by atoms with Crippen molar-refractivity contribution in [2.24, 2.45) is 5.73 Å². The molecule has 0 spiro atoms. The summed E-state index contributed by atoms with van der Waals surface area (Å²) in [6.07, 6.45) is 6.33. The van der Waals surface area contributed by atoms with E-state index >= 15 is 0 Å². The number of nitrogens with zero attached hydrogens (tertiary/aromatic N) is 5. The van der Waals surface area contributed by atoms with Crippen LogP contribution in [0.1, 0.15) is 28.8 Å². The van der Waals surface area contributed by atoms with Crippen LogP contribution in [-0.4, -0.2) is 69.6 Å². The number of aromatic nitrogens is 3. The van der Waals surface area contributed by atoms with E-state index in [1.165, 1.54) is 6.07 Å². The topological polar surface area (TPSA) is 121 Å². The first-order valence-electron chi connectivity index (χ1n) is 11.8. The Morgan fingerprint density at radius 2 is 1.97 bits per heavy atom. The van der Waals surface area contributed by atoms with Gasteiger partial charge in [-0.1, -0.05) is 18.2 Å². The zero-order chi connectivity index (χ0) is 25.7. The number of anilines is 3. The number of carbonyl (C=O) groups excluding carboxylic acids is 2. The lowest BCUT2D eigenvalue weighted by molar-refractivity contribution is -0.133. The molecule has 0 bridgehead atoms. The molecule has 1 fully saturated rings. The molecule has 0 radical (unpaired) electrons. The predicted octanol–water partition coefficient (Wildman–Crippen LogP) is 2.42. The zero-order valence-corrected chi connectivity index (χ0v) is 20.4. The number of benzene rings is 1. The third kappa shape index (κ3) is 6.16. The van der Waals surface area contributed by atoms with Gasteiger partial charge >= 0.3 is 0 Å². The second kappa shape index (κ2) is 11.2. The molecule has 0 aliphatic carbocycles. The summed E-state index contributed by atoms with van der Waals surface area (Å²) in [6, 6.07) is 8.66. The van der Waals surface area contributed by atoms with Gasteiger partial charge in [0.25, 0.3) is 0 Å². The number of carbonyl (C=O) groups is 2. The van der Waals surface area contributed by atoms with Gasteiger partial charge in [-0.3, -0.25) is 14.3 Å². The molecule has 1 saturated heterocycles. The van der Waals surface area contributed by atoms with Gasteiger partial charge in [0.15, 0.2) is 5.82 Å². The molecule has 0 unspecified atom stereocenters. The van der Waals surface area contributed by atoms with Gasteiger partial charge in [0.05, 0.1) is 23.8 Å². The predicted molar refractivity (Wildman–Crippen MR) is 135 cm³/mol. The molecule has 10 nitrogen and oxygen atoms in total. The van der Waals surface area contributed by atoms with Crippen LogP contribution in [0, 0.1) is 5.82 Å². The summed E-state index contributed by atoms with van der Waals surface area (Å²) in [5.74, 6) is -0.674. The third-order valence-electron chi connectivity index (χ3n) is 6.44. The minimum absolute atomic E-state index is 0.00170. The molecule has 36 heavy (non-hydrogen) atoms. The molecule has 1 aliphatic heterocycles. The van der Waals surface area contributed by atoms with Crippen molar-refractivity contribution in [3.05, 3.63) is 65.9 Å². The number of rotatable bonds is 9. The number of likely N-dealkylation sites (tertiary alicyclic amines) is 1. The van der Waals surface area contributed by atoms with Gasteiger partial charge in [0.2, 0.25) is 11.8 Å². The van der Waals surface area contributed by atoms with Crippen LogP contribution in [0.15, 0.2) is 48.9 Å².